The van der Waals surface area contributed by atoms with Crippen LogP contribution in [0.3, 0.4) is 0 Å². The Morgan fingerprint density at radius 1 is 1.26 bits per heavy atom. The van der Waals surface area contributed by atoms with Crippen LogP contribution in [0.4, 0.5) is 0 Å². The third-order valence-corrected chi connectivity index (χ3v) is 3.17. The van der Waals surface area contributed by atoms with Crippen molar-refractivity contribution in [2.24, 2.45) is 0 Å². The third-order valence-electron chi connectivity index (χ3n) is 3.17. The minimum absolute atomic E-state index is 0.00165. The molecule has 0 aliphatic rings. The molecule has 1 aromatic rings. The number of rotatable bonds is 5. The largest absolute Gasteiger partial charge is 0.312 e. The average Bonchev–Trinajstić information content (AvgIpc) is 2.28. The van der Waals surface area contributed by atoms with Gasteiger partial charge in [-0.2, -0.15) is 0 Å². The van der Waals surface area contributed by atoms with Gasteiger partial charge >= 0.3 is 0 Å². The van der Waals surface area contributed by atoms with Crippen LogP contribution in [-0.4, -0.2) is 10.6 Å². The Balaban J connectivity index is 3.20. The van der Waals surface area contributed by atoms with Gasteiger partial charge in [-0.3, -0.25) is 4.79 Å². The Labute approximate surface area is 117 Å². The van der Waals surface area contributed by atoms with Gasteiger partial charge in [-0.25, -0.2) is 0 Å². The number of hydrogen-bond acceptors (Lipinski definition) is 2. The van der Waals surface area contributed by atoms with Gasteiger partial charge in [-0.15, -0.1) is 0 Å². The van der Waals surface area contributed by atoms with Crippen LogP contribution in [0.15, 0.2) is 16.9 Å². The quantitative estimate of drug-likeness (QED) is 0.887. The van der Waals surface area contributed by atoms with E-state index in [4.69, 9.17) is 0 Å². The predicted octanol–water partition coefficient (Wildman–Crippen LogP) is 3.05. The summed E-state index contributed by atoms with van der Waals surface area (Å²) in [6.45, 7) is 14.2. The van der Waals surface area contributed by atoms with Gasteiger partial charge in [-0.1, -0.05) is 47.6 Å². The fourth-order valence-electron chi connectivity index (χ4n) is 2.17. The molecule has 0 bridgehead atoms. The van der Waals surface area contributed by atoms with E-state index in [-0.39, 0.29) is 11.0 Å². The van der Waals surface area contributed by atoms with E-state index in [0.717, 1.165) is 24.2 Å². The molecule has 1 aromatic heterocycles. The fraction of sp³-hybridized carbons (Fsp3) is 0.688. The lowest BCUT2D eigenvalue weighted by Gasteiger charge is -2.25. The number of hydrogen-bond donors (Lipinski definition) is 1. The maximum atomic E-state index is 12.6. The smallest absolute Gasteiger partial charge is 0.255 e. The Bertz CT molecular complexity index is 467. The molecule has 1 N–H and O–H groups in total. The van der Waals surface area contributed by atoms with Gasteiger partial charge in [0, 0.05) is 35.8 Å². The van der Waals surface area contributed by atoms with Crippen molar-refractivity contribution >= 4 is 0 Å². The lowest BCUT2D eigenvalue weighted by molar-refractivity contribution is 0.491. The standard InChI is InChI=1S/C16H28N2O/c1-7-10-18-14(16(4,5)6)9-8-13(15(18)19)11-17-12(2)3/h8-9,12,17H,7,10-11H2,1-6H3. The zero-order valence-electron chi connectivity index (χ0n) is 13.2. The van der Waals surface area contributed by atoms with E-state index in [1.807, 2.05) is 10.6 Å². The first-order chi connectivity index (χ1) is 8.77. The minimum Gasteiger partial charge on any atom is -0.312 e. The summed E-state index contributed by atoms with van der Waals surface area (Å²) in [4.78, 5) is 12.6. The maximum absolute atomic E-state index is 12.6. The van der Waals surface area contributed by atoms with Crippen LogP contribution in [0.5, 0.6) is 0 Å². The molecular weight excluding hydrogens is 236 g/mol. The van der Waals surface area contributed by atoms with Gasteiger partial charge in [0.1, 0.15) is 0 Å². The molecule has 0 aromatic carbocycles. The fourth-order valence-corrected chi connectivity index (χ4v) is 2.17. The lowest BCUT2D eigenvalue weighted by atomic mass is 9.90. The second-order valence-electron chi connectivity index (χ2n) is 6.49. The van der Waals surface area contributed by atoms with E-state index in [1.54, 1.807) is 0 Å². The molecule has 0 saturated carbocycles. The molecule has 1 heterocycles. The highest BCUT2D eigenvalue weighted by molar-refractivity contribution is 5.21. The Morgan fingerprint density at radius 2 is 1.89 bits per heavy atom. The molecule has 0 aliphatic heterocycles. The van der Waals surface area contributed by atoms with E-state index in [9.17, 15) is 4.79 Å². The molecule has 108 valence electrons. The highest BCUT2D eigenvalue weighted by atomic mass is 16.1. The zero-order chi connectivity index (χ0) is 14.6. The molecule has 0 spiro atoms. The molecule has 0 atom stereocenters. The Kier molecular flexibility index (Phi) is 5.36. The van der Waals surface area contributed by atoms with E-state index in [1.165, 1.54) is 0 Å². The number of nitrogens with one attached hydrogen (secondary N) is 1. The summed E-state index contributed by atoms with van der Waals surface area (Å²) in [5.41, 5.74) is 2.13. The van der Waals surface area contributed by atoms with Crippen LogP contribution < -0.4 is 10.9 Å². The molecule has 0 fully saturated rings. The van der Waals surface area contributed by atoms with Crippen molar-refractivity contribution in [2.75, 3.05) is 0 Å². The van der Waals surface area contributed by atoms with Crippen molar-refractivity contribution < 1.29 is 0 Å². The van der Waals surface area contributed by atoms with Gasteiger partial charge in [-0.05, 0) is 12.5 Å². The molecule has 0 saturated heterocycles. The molecule has 0 radical (unpaired) electrons. The number of pyridine rings is 1. The lowest BCUT2D eigenvalue weighted by Crippen LogP contribution is -2.34. The van der Waals surface area contributed by atoms with Gasteiger partial charge < -0.3 is 9.88 Å². The molecule has 19 heavy (non-hydrogen) atoms. The first-order valence-corrected chi connectivity index (χ1v) is 7.24. The maximum Gasteiger partial charge on any atom is 0.255 e. The normalized spacial score (nSPS) is 12.2. The summed E-state index contributed by atoms with van der Waals surface area (Å²) in [7, 11) is 0. The molecule has 0 unspecified atom stereocenters. The van der Waals surface area contributed by atoms with Gasteiger partial charge in [0.15, 0.2) is 0 Å². The topological polar surface area (TPSA) is 34.0 Å². The highest BCUT2D eigenvalue weighted by Gasteiger charge is 2.19. The first-order valence-electron chi connectivity index (χ1n) is 7.24. The average molecular weight is 264 g/mol. The van der Waals surface area contributed by atoms with Crippen molar-refractivity contribution in [2.45, 2.75) is 72.5 Å². The van der Waals surface area contributed by atoms with Crippen LogP contribution in [0.25, 0.3) is 0 Å². The van der Waals surface area contributed by atoms with Crippen molar-refractivity contribution in [3.8, 4) is 0 Å². The minimum atomic E-state index is -0.00165. The summed E-state index contributed by atoms with van der Waals surface area (Å²) in [6, 6.07) is 4.47. The van der Waals surface area contributed by atoms with Crippen molar-refractivity contribution in [3.05, 3.63) is 33.7 Å². The summed E-state index contributed by atoms with van der Waals surface area (Å²) >= 11 is 0. The van der Waals surface area contributed by atoms with Crippen molar-refractivity contribution in [3.63, 3.8) is 0 Å². The van der Waals surface area contributed by atoms with Crippen LogP contribution in [-0.2, 0) is 18.5 Å². The Morgan fingerprint density at radius 3 is 2.37 bits per heavy atom. The van der Waals surface area contributed by atoms with Crippen molar-refractivity contribution in [1.82, 2.24) is 9.88 Å². The first kappa shape index (κ1) is 16.0. The Hall–Kier alpha value is -1.09. The van der Waals surface area contributed by atoms with E-state index in [0.29, 0.717) is 12.6 Å². The SMILES string of the molecule is CCCn1c(C(C)(C)C)ccc(CNC(C)C)c1=O. The van der Waals surface area contributed by atoms with Gasteiger partial charge in [0.25, 0.3) is 5.56 Å². The second kappa shape index (κ2) is 6.38. The van der Waals surface area contributed by atoms with Gasteiger partial charge in [0.05, 0.1) is 0 Å². The summed E-state index contributed by atoms with van der Waals surface area (Å²) in [5, 5.41) is 3.32. The second-order valence-corrected chi connectivity index (χ2v) is 6.49. The molecule has 0 amide bonds. The van der Waals surface area contributed by atoms with Crippen LogP contribution in [0.1, 0.15) is 59.2 Å². The molecule has 3 nitrogen and oxygen atoms in total. The number of aromatic nitrogens is 1. The predicted molar refractivity (Wildman–Crippen MR) is 81.7 cm³/mol. The molecule has 1 rings (SSSR count). The zero-order valence-corrected chi connectivity index (χ0v) is 13.2. The highest BCUT2D eigenvalue weighted by Crippen LogP contribution is 2.21. The van der Waals surface area contributed by atoms with Crippen LogP contribution >= 0.6 is 0 Å². The molecule has 3 heteroatoms. The third kappa shape index (κ3) is 4.20. The summed E-state index contributed by atoms with van der Waals surface area (Å²) in [5.74, 6) is 0. The van der Waals surface area contributed by atoms with Gasteiger partial charge in [0.2, 0.25) is 0 Å². The molecular formula is C16H28N2O. The van der Waals surface area contributed by atoms with Crippen LogP contribution in [0, 0.1) is 0 Å². The van der Waals surface area contributed by atoms with Crippen LogP contribution in [0.2, 0.25) is 0 Å². The summed E-state index contributed by atoms with van der Waals surface area (Å²) < 4.78 is 1.94. The molecule has 0 aliphatic carbocycles. The number of nitrogens with zero attached hydrogens (tertiary/aromatic N) is 1. The van der Waals surface area contributed by atoms with E-state index >= 15 is 0 Å². The summed E-state index contributed by atoms with van der Waals surface area (Å²) in [6.07, 6.45) is 0.976. The monoisotopic (exact) mass is 264 g/mol. The van der Waals surface area contributed by atoms with Crippen molar-refractivity contribution in [1.29, 1.82) is 0 Å². The van der Waals surface area contributed by atoms with E-state index in [2.05, 4.69) is 52.9 Å². The van der Waals surface area contributed by atoms with E-state index < -0.39 is 0 Å².